The number of carbonyl (C=O) groups excluding carboxylic acids is 1. The van der Waals surface area contributed by atoms with E-state index < -0.39 is 0 Å². The summed E-state index contributed by atoms with van der Waals surface area (Å²) in [6, 6.07) is 15.9. The summed E-state index contributed by atoms with van der Waals surface area (Å²) in [5.41, 5.74) is 2.95. The summed E-state index contributed by atoms with van der Waals surface area (Å²) >= 11 is 0. The number of methoxy groups -OCH3 is 1. The lowest BCUT2D eigenvalue weighted by atomic mass is 9.95. The third-order valence-electron chi connectivity index (χ3n) is 6.61. The Kier molecular flexibility index (Phi) is 5.87. The highest BCUT2D eigenvalue weighted by atomic mass is 19.1. The Morgan fingerprint density at radius 2 is 1.70 bits per heavy atom. The normalized spacial score (nSPS) is 14.8. The molecule has 0 N–H and O–H groups in total. The number of nitrogens with zero attached hydrogens (tertiary/aromatic N) is 2. The average molecular weight is 447 g/mol. The van der Waals surface area contributed by atoms with Crippen molar-refractivity contribution in [3.8, 4) is 5.75 Å². The minimum atomic E-state index is -0.325. The van der Waals surface area contributed by atoms with Crippen LogP contribution in [0.1, 0.15) is 21.6 Å². The number of halogens is 1. The minimum absolute atomic E-state index is 0.105. The van der Waals surface area contributed by atoms with Crippen LogP contribution in [0.4, 0.5) is 4.39 Å². The van der Waals surface area contributed by atoms with Gasteiger partial charge in [-0.3, -0.25) is 9.69 Å². The second kappa shape index (κ2) is 8.96. The number of para-hydroxylation sites is 1. The molecular weight excluding hydrogens is 419 g/mol. The highest BCUT2D eigenvalue weighted by molar-refractivity contribution is 6.22. The Hall–Kier alpha value is -3.22. The Morgan fingerprint density at radius 3 is 2.45 bits per heavy atom. The van der Waals surface area contributed by atoms with Crippen LogP contribution >= 0.6 is 0 Å². The van der Waals surface area contributed by atoms with E-state index in [1.807, 2.05) is 31.2 Å². The SMILES string of the molecule is COc1cccc2c(C(=O)c3ccc(F)c4ccccc34)c(C)n(CCN3CCOCC3)c12. The molecule has 5 rings (SSSR count). The summed E-state index contributed by atoms with van der Waals surface area (Å²) in [7, 11) is 1.65. The van der Waals surface area contributed by atoms with E-state index in [-0.39, 0.29) is 11.6 Å². The molecule has 1 aliphatic heterocycles. The molecule has 0 saturated carbocycles. The first-order valence-electron chi connectivity index (χ1n) is 11.3. The predicted molar refractivity (Wildman–Crippen MR) is 128 cm³/mol. The molecule has 0 radical (unpaired) electrons. The molecule has 170 valence electrons. The van der Waals surface area contributed by atoms with Crippen LogP contribution in [0, 0.1) is 12.7 Å². The largest absolute Gasteiger partial charge is 0.495 e. The highest BCUT2D eigenvalue weighted by Crippen LogP contribution is 2.35. The topological polar surface area (TPSA) is 43.7 Å². The number of benzene rings is 3. The van der Waals surface area contributed by atoms with Gasteiger partial charge in [-0.15, -0.1) is 0 Å². The van der Waals surface area contributed by atoms with Crippen LogP contribution in [0.3, 0.4) is 0 Å². The second-order valence-electron chi connectivity index (χ2n) is 8.39. The van der Waals surface area contributed by atoms with Gasteiger partial charge in [-0.1, -0.05) is 36.4 Å². The van der Waals surface area contributed by atoms with E-state index in [4.69, 9.17) is 9.47 Å². The Balaban J connectivity index is 1.64. The van der Waals surface area contributed by atoms with Gasteiger partial charge in [0.25, 0.3) is 0 Å². The summed E-state index contributed by atoms with van der Waals surface area (Å²) < 4.78 is 27.7. The molecule has 0 bridgehead atoms. The van der Waals surface area contributed by atoms with E-state index in [1.165, 1.54) is 6.07 Å². The van der Waals surface area contributed by atoms with Crippen molar-refractivity contribution in [1.29, 1.82) is 0 Å². The number of fused-ring (bicyclic) bond motifs is 2. The van der Waals surface area contributed by atoms with Crippen molar-refractivity contribution < 1.29 is 18.7 Å². The molecule has 3 aromatic carbocycles. The zero-order valence-electron chi connectivity index (χ0n) is 18.9. The first-order valence-corrected chi connectivity index (χ1v) is 11.3. The van der Waals surface area contributed by atoms with Gasteiger partial charge in [-0.05, 0) is 30.5 Å². The van der Waals surface area contributed by atoms with Crippen LogP contribution < -0.4 is 4.74 Å². The molecule has 0 spiro atoms. The maximum Gasteiger partial charge on any atom is 0.196 e. The van der Waals surface area contributed by atoms with Gasteiger partial charge in [0.05, 0.1) is 31.4 Å². The monoisotopic (exact) mass is 446 g/mol. The van der Waals surface area contributed by atoms with Crippen LogP contribution in [-0.2, 0) is 11.3 Å². The van der Waals surface area contributed by atoms with Gasteiger partial charge in [0.15, 0.2) is 5.78 Å². The van der Waals surface area contributed by atoms with Crippen LogP contribution in [0.5, 0.6) is 5.75 Å². The van der Waals surface area contributed by atoms with Crippen molar-refractivity contribution in [2.75, 3.05) is 40.0 Å². The third-order valence-corrected chi connectivity index (χ3v) is 6.61. The summed E-state index contributed by atoms with van der Waals surface area (Å²) in [6.45, 7) is 6.88. The predicted octanol–water partition coefficient (Wildman–Crippen LogP) is 4.81. The zero-order valence-corrected chi connectivity index (χ0v) is 18.9. The average Bonchev–Trinajstić information content (AvgIpc) is 3.14. The molecule has 0 atom stereocenters. The fourth-order valence-electron chi connectivity index (χ4n) is 4.89. The van der Waals surface area contributed by atoms with Crippen LogP contribution in [0.15, 0.2) is 54.6 Å². The molecule has 2 heterocycles. The Labute approximate surface area is 192 Å². The van der Waals surface area contributed by atoms with E-state index >= 15 is 0 Å². The summed E-state index contributed by atoms with van der Waals surface area (Å²) in [5, 5.41) is 1.93. The standard InChI is InChI=1S/C27H27FN2O3/c1-18-25(27(31)21-10-11-23(28)20-7-4-3-6-19(20)21)22-8-5-9-24(32-2)26(22)30(18)13-12-29-14-16-33-17-15-29/h3-11H,12-17H2,1-2H3. The summed E-state index contributed by atoms with van der Waals surface area (Å²) in [4.78, 5) is 16.3. The van der Waals surface area contributed by atoms with E-state index in [9.17, 15) is 9.18 Å². The number of carbonyl (C=O) groups is 1. The van der Waals surface area contributed by atoms with Crippen LogP contribution in [0.2, 0.25) is 0 Å². The van der Waals surface area contributed by atoms with E-state index in [2.05, 4.69) is 9.47 Å². The number of morpholine rings is 1. The molecule has 1 saturated heterocycles. The Bertz CT molecular complexity index is 1340. The summed E-state index contributed by atoms with van der Waals surface area (Å²) in [5.74, 6) is 0.307. The van der Waals surface area contributed by atoms with Crippen molar-refractivity contribution in [3.63, 3.8) is 0 Å². The molecule has 0 amide bonds. The molecule has 0 aliphatic carbocycles. The second-order valence-corrected chi connectivity index (χ2v) is 8.39. The van der Waals surface area contributed by atoms with Crippen molar-refractivity contribution in [2.24, 2.45) is 0 Å². The van der Waals surface area contributed by atoms with Gasteiger partial charge in [0.1, 0.15) is 11.6 Å². The van der Waals surface area contributed by atoms with E-state index in [0.29, 0.717) is 21.9 Å². The molecule has 1 aromatic heterocycles. The van der Waals surface area contributed by atoms with Gasteiger partial charge >= 0.3 is 0 Å². The number of aromatic nitrogens is 1. The van der Waals surface area contributed by atoms with Gasteiger partial charge < -0.3 is 14.0 Å². The fourth-order valence-corrected chi connectivity index (χ4v) is 4.89. The molecule has 1 aliphatic rings. The van der Waals surface area contributed by atoms with Crippen molar-refractivity contribution in [2.45, 2.75) is 13.5 Å². The molecule has 0 unspecified atom stereocenters. The lowest BCUT2D eigenvalue weighted by Gasteiger charge is -2.27. The molecule has 6 heteroatoms. The maximum absolute atomic E-state index is 14.4. The lowest BCUT2D eigenvalue weighted by molar-refractivity contribution is 0.0365. The molecule has 33 heavy (non-hydrogen) atoms. The number of hydrogen-bond donors (Lipinski definition) is 0. The molecule has 1 fully saturated rings. The number of ketones is 1. The number of rotatable bonds is 6. The van der Waals surface area contributed by atoms with Crippen LogP contribution in [0.25, 0.3) is 21.7 Å². The molecule has 5 nitrogen and oxygen atoms in total. The van der Waals surface area contributed by atoms with E-state index in [0.717, 1.165) is 61.7 Å². The first-order chi connectivity index (χ1) is 16.1. The van der Waals surface area contributed by atoms with Gasteiger partial charge in [-0.25, -0.2) is 4.39 Å². The minimum Gasteiger partial charge on any atom is -0.495 e. The van der Waals surface area contributed by atoms with E-state index in [1.54, 1.807) is 31.4 Å². The van der Waals surface area contributed by atoms with Gasteiger partial charge in [-0.2, -0.15) is 0 Å². The zero-order chi connectivity index (χ0) is 22.9. The van der Waals surface area contributed by atoms with Crippen LogP contribution in [-0.4, -0.2) is 55.2 Å². The molecular formula is C27H27FN2O3. The third kappa shape index (κ3) is 3.79. The highest BCUT2D eigenvalue weighted by Gasteiger charge is 2.25. The fraction of sp³-hybridized carbons (Fsp3) is 0.296. The number of ether oxygens (including phenoxy) is 2. The van der Waals surface area contributed by atoms with Crippen molar-refractivity contribution in [1.82, 2.24) is 9.47 Å². The Morgan fingerprint density at radius 1 is 0.970 bits per heavy atom. The quantitative estimate of drug-likeness (QED) is 0.399. The van der Waals surface area contributed by atoms with Gasteiger partial charge in [0, 0.05) is 48.2 Å². The number of hydrogen-bond acceptors (Lipinski definition) is 4. The smallest absolute Gasteiger partial charge is 0.196 e. The molecule has 4 aromatic rings. The summed E-state index contributed by atoms with van der Waals surface area (Å²) in [6.07, 6.45) is 0. The van der Waals surface area contributed by atoms with Crippen molar-refractivity contribution in [3.05, 3.63) is 77.2 Å². The lowest BCUT2D eigenvalue weighted by Crippen LogP contribution is -2.38. The maximum atomic E-state index is 14.4. The van der Waals surface area contributed by atoms with Crippen molar-refractivity contribution >= 4 is 27.5 Å². The van der Waals surface area contributed by atoms with Gasteiger partial charge in [0.2, 0.25) is 0 Å². The first kappa shape index (κ1) is 21.6.